The Balaban J connectivity index is 1.88. The van der Waals surface area contributed by atoms with Crippen LogP contribution in [0.5, 0.6) is 0 Å². The Bertz CT molecular complexity index is 340. The van der Waals surface area contributed by atoms with Gasteiger partial charge in [-0.3, -0.25) is 4.90 Å². The van der Waals surface area contributed by atoms with Crippen molar-refractivity contribution in [2.45, 2.75) is 46.2 Å². The van der Waals surface area contributed by atoms with E-state index in [4.69, 9.17) is 4.42 Å². The first kappa shape index (κ1) is 12.7. The molecule has 1 saturated heterocycles. The molecule has 1 aromatic rings. The smallest absolute Gasteiger partial charge is 0.118 e. The summed E-state index contributed by atoms with van der Waals surface area (Å²) < 4.78 is 5.78. The molecule has 0 amide bonds. The van der Waals surface area contributed by atoms with Gasteiger partial charge in [-0.15, -0.1) is 0 Å². The van der Waals surface area contributed by atoms with Gasteiger partial charge in [-0.2, -0.15) is 0 Å². The highest BCUT2D eigenvalue weighted by Gasteiger charge is 2.15. The number of rotatable bonds is 6. The van der Waals surface area contributed by atoms with Crippen molar-refractivity contribution in [1.82, 2.24) is 10.2 Å². The van der Waals surface area contributed by atoms with Crippen LogP contribution in [0.25, 0.3) is 0 Å². The number of hydrogen-bond donors (Lipinski definition) is 1. The maximum atomic E-state index is 5.78. The maximum absolute atomic E-state index is 5.78. The third-order valence-electron chi connectivity index (χ3n) is 3.39. The Labute approximate surface area is 104 Å². The van der Waals surface area contributed by atoms with Crippen molar-refractivity contribution in [3.63, 3.8) is 0 Å². The molecule has 96 valence electrons. The zero-order valence-corrected chi connectivity index (χ0v) is 11.1. The molecule has 1 fully saturated rings. The third kappa shape index (κ3) is 3.58. The lowest BCUT2D eigenvalue weighted by Crippen LogP contribution is -2.18. The van der Waals surface area contributed by atoms with Gasteiger partial charge >= 0.3 is 0 Å². The lowest BCUT2D eigenvalue weighted by atomic mass is 10.2. The molecule has 0 aliphatic carbocycles. The van der Waals surface area contributed by atoms with Crippen molar-refractivity contribution in [3.8, 4) is 0 Å². The number of likely N-dealkylation sites (tertiary alicyclic amines) is 1. The predicted octanol–water partition coefficient (Wildman–Crippen LogP) is 2.68. The first-order chi connectivity index (χ1) is 8.29. The maximum Gasteiger partial charge on any atom is 0.118 e. The van der Waals surface area contributed by atoms with Gasteiger partial charge in [0.25, 0.3) is 0 Å². The van der Waals surface area contributed by atoms with Gasteiger partial charge in [0.2, 0.25) is 0 Å². The molecule has 1 aromatic heterocycles. The van der Waals surface area contributed by atoms with Crippen LogP contribution in [0.2, 0.25) is 0 Å². The van der Waals surface area contributed by atoms with Gasteiger partial charge in [0, 0.05) is 12.1 Å². The molecule has 0 atom stereocenters. The summed E-state index contributed by atoms with van der Waals surface area (Å²) >= 11 is 0. The molecule has 0 radical (unpaired) electrons. The number of furan rings is 1. The fourth-order valence-electron chi connectivity index (χ4n) is 2.40. The summed E-state index contributed by atoms with van der Waals surface area (Å²) in [5.41, 5.74) is 1.36. The van der Waals surface area contributed by atoms with Gasteiger partial charge in [0.15, 0.2) is 0 Å². The lowest BCUT2D eigenvalue weighted by Gasteiger charge is -2.13. The number of aryl methyl sites for hydroxylation is 1. The molecule has 1 aliphatic heterocycles. The van der Waals surface area contributed by atoms with Crippen molar-refractivity contribution in [1.29, 1.82) is 0 Å². The first-order valence-electron chi connectivity index (χ1n) is 6.81. The summed E-state index contributed by atoms with van der Waals surface area (Å²) in [5.74, 6) is 2.16. The minimum atomic E-state index is 0.856. The highest BCUT2D eigenvalue weighted by atomic mass is 16.3. The van der Waals surface area contributed by atoms with Crippen LogP contribution in [0.1, 0.15) is 43.3 Å². The number of nitrogens with zero attached hydrogens (tertiary/aromatic N) is 1. The van der Waals surface area contributed by atoms with Crippen LogP contribution in [-0.2, 0) is 13.1 Å². The molecule has 0 unspecified atom stereocenters. The van der Waals surface area contributed by atoms with Crippen LogP contribution in [0.4, 0.5) is 0 Å². The molecule has 1 N–H and O–H groups in total. The number of nitrogens with one attached hydrogen (secondary N) is 1. The molecule has 2 rings (SSSR count). The quantitative estimate of drug-likeness (QED) is 0.770. The molecule has 1 aliphatic rings. The van der Waals surface area contributed by atoms with Gasteiger partial charge in [0.05, 0.1) is 6.54 Å². The van der Waals surface area contributed by atoms with E-state index < -0.39 is 0 Å². The second-order valence-electron chi connectivity index (χ2n) is 4.95. The summed E-state index contributed by atoms with van der Waals surface area (Å²) in [6, 6.07) is 2.22. The second kappa shape index (κ2) is 6.22. The fraction of sp³-hybridized carbons (Fsp3) is 0.714. The molecule has 17 heavy (non-hydrogen) atoms. The molecule has 0 aromatic carbocycles. The van der Waals surface area contributed by atoms with Crippen molar-refractivity contribution in [2.24, 2.45) is 0 Å². The monoisotopic (exact) mass is 236 g/mol. The standard InChI is InChI=1S/C14H24N2O/c1-3-6-15-10-14-9-13(12(2)17-14)11-16-7-4-5-8-16/h9,15H,3-8,10-11H2,1-2H3. The van der Waals surface area contributed by atoms with Crippen LogP contribution in [-0.4, -0.2) is 24.5 Å². The zero-order valence-electron chi connectivity index (χ0n) is 11.1. The Morgan fingerprint density at radius 3 is 2.82 bits per heavy atom. The Morgan fingerprint density at radius 1 is 1.35 bits per heavy atom. The summed E-state index contributed by atoms with van der Waals surface area (Å²) in [7, 11) is 0. The molecular formula is C14H24N2O. The van der Waals surface area contributed by atoms with E-state index >= 15 is 0 Å². The van der Waals surface area contributed by atoms with Crippen LogP contribution >= 0.6 is 0 Å². The van der Waals surface area contributed by atoms with Gasteiger partial charge in [-0.1, -0.05) is 6.92 Å². The Hall–Kier alpha value is -0.800. The second-order valence-corrected chi connectivity index (χ2v) is 4.95. The van der Waals surface area contributed by atoms with Crippen LogP contribution in [0, 0.1) is 6.92 Å². The zero-order chi connectivity index (χ0) is 12.1. The van der Waals surface area contributed by atoms with Crippen molar-refractivity contribution >= 4 is 0 Å². The summed E-state index contributed by atoms with van der Waals surface area (Å²) in [6.07, 6.45) is 3.87. The van der Waals surface area contributed by atoms with E-state index in [0.29, 0.717) is 0 Å². The summed E-state index contributed by atoms with van der Waals surface area (Å²) in [4.78, 5) is 2.51. The SMILES string of the molecule is CCCNCc1cc(CN2CCCC2)c(C)o1. The Morgan fingerprint density at radius 2 is 2.12 bits per heavy atom. The van der Waals surface area contributed by atoms with Gasteiger partial charge in [-0.05, 0) is 51.9 Å². The summed E-state index contributed by atoms with van der Waals surface area (Å²) in [6.45, 7) is 9.72. The van der Waals surface area contributed by atoms with Gasteiger partial charge in [-0.25, -0.2) is 0 Å². The molecule has 2 heterocycles. The lowest BCUT2D eigenvalue weighted by molar-refractivity contribution is 0.328. The third-order valence-corrected chi connectivity index (χ3v) is 3.39. The van der Waals surface area contributed by atoms with Crippen LogP contribution in [0.15, 0.2) is 10.5 Å². The molecular weight excluding hydrogens is 212 g/mol. The average molecular weight is 236 g/mol. The van der Waals surface area contributed by atoms with Crippen molar-refractivity contribution in [2.75, 3.05) is 19.6 Å². The minimum Gasteiger partial charge on any atom is -0.465 e. The number of hydrogen-bond acceptors (Lipinski definition) is 3. The first-order valence-corrected chi connectivity index (χ1v) is 6.81. The van der Waals surface area contributed by atoms with Crippen LogP contribution in [0.3, 0.4) is 0 Å². The average Bonchev–Trinajstić information content (AvgIpc) is 2.91. The normalized spacial score (nSPS) is 16.8. The fourth-order valence-corrected chi connectivity index (χ4v) is 2.40. The molecule has 3 heteroatoms. The predicted molar refractivity (Wildman–Crippen MR) is 70.0 cm³/mol. The van der Waals surface area contributed by atoms with Gasteiger partial charge < -0.3 is 9.73 Å². The van der Waals surface area contributed by atoms with E-state index in [9.17, 15) is 0 Å². The van der Waals surface area contributed by atoms with Gasteiger partial charge in [0.1, 0.15) is 11.5 Å². The summed E-state index contributed by atoms with van der Waals surface area (Å²) in [5, 5.41) is 3.38. The highest BCUT2D eigenvalue weighted by Crippen LogP contribution is 2.19. The largest absolute Gasteiger partial charge is 0.465 e. The molecule has 3 nitrogen and oxygen atoms in total. The van der Waals surface area contributed by atoms with E-state index in [2.05, 4.69) is 30.1 Å². The molecule has 0 spiro atoms. The van der Waals surface area contributed by atoms with E-state index in [-0.39, 0.29) is 0 Å². The van der Waals surface area contributed by atoms with Crippen molar-refractivity contribution in [3.05, 3.63) is 23.2 Å². The van der Waals surface area contributed by atoms with E-state index in [1.807, 2.05) is 0 Å². The van der Waals surface area contributed by atoms with E-state index in [0.717, 1.165) is 31.2 Å². The Kier molecular flexibility index (Phi) is 4.63. The topological polar surface area (TPSA) is 28.4 Å². The highest BCUT2D eigenvalue weighted by molar-refractivity contribution is 5.20. The molecule has 0 saturated carbocycles. The van der Waals surface area contributed by atoms with Crippen molar-refractivity contribution < 1.29 is 4.42 Å². The molecule has 0 bridgehead atoms. The van der Waals surface area contributed by atoms with Crippen LogP contribution < -0.4 is 5.32 Å². The minimum absolute atomic E-state index is 0.856. The van der Waals surface area contributed by atoms with E-state index in [1.165, 1.54) is 37.9 Å². The van der Waals surface area contributed by atoms with E-state index in [1.54, 1.807) is 0 Å².